The van der Waals surface area contributed by atoms with E-state index in [4.69, 9.17) is 9.47 Å². The van der Waals surface area contributed by atoms with Gasteiger partial charge < -0.3 is 50.5 Å². The van der Waals surface area contributed by atoms with Gasteiger partial charge in [0.1, 0.15) is 12.2 Å². The Labute approximate surface area is 139 Å². The van der Waals surface area contributed by atoms with E-state index in [0.29, 0.717) is 0 Å². The first kappa shape index (κ1) is 19.9. The second kappa shape index (κ2) is 8.32. The van der Waals surface area contributed by atoms with Gasteiger partial charge >= 0.3 is 0 Å². The number of nitrogens with one attached hydrogen (secondary N) is 1. The summed E-state index contributed by atoms with van der Waals surface area (Å²) in [6.45, 7) is -0.894. The zero-order valence-electron chi connectivity index (χ0n) is 13.3. The van der Waals surface area contributed by atoms with E-state index in [1.54, 1.807) is 0 Å². The lowest BCUT2D eigenvalue weighted by Crippen LogP contribution is -2.67. The van der Waals surface area contributed by atoms with Gasteiger partial charge in [0.15, 0.2) is 6.29 Å². The summed E-state index contributed by atoms with van der Waals surface area (Å²) in [5.74, 6) is -0.759. The van der Waals surface area contributed by atoms with E-state index >= 15 is 0 Å². The number of ether oxygens (including phenoxy) is 2. The highest BCUT2D eigenvalue weighted by Gasteiger charge is 2.48. The van der Waals surface area contributed by atoms with Crippen LogP contribution in [0.15, 0.2) is 0 Å². The van der Waals surface area contributed by atoms with Gasteiger partial charge in [-0.15, -0.1) is 0 Å². The summed E-state index contributed by atoms with van der Waals surface area (Å²) in [4.78, 5) is 0. The third-order valence-corrected chi connectivity index (χ3v) is 4.94. The Hall–Kier alpha value is -0.400. The molecule has 10 nitrogen and oxygen atoms in total. The zero-order valence-corrected chi connectivity index (χ0v) is 13.3. The van der Waals surface area contributed by atoms with E-state index in [1.165, 1.54) is 7.11 Å². The molecule has 6 unspecified atom stereocenters. The van der Waals surface area contributed by atoms with Gasteiger partial charge in [-0.3, -0.25) is 0 Å². The molecule has 0 bridgehead atoms. The Morgan fingerprint density at radius 3 is 2.00 bits per heavy atom. The van der Waals surface area contributed by atoms with Crippen LogP contribution >= 0.6 is 0 Å². The van der Waals surface area contributed by atoms with Crippen LogP contribution in [-0.4, -0.2) is 111 Å². The molecule has 0 saturated carbocycles. The molecule has 24 heavy (non-hydrogen) atoms. The fourth-order valence-electron chi connectivity index (χ4n) is 3.46. The number of aliphatic hydroxyl groups excluding tert-OH is 7. The van der Waals surface area contributed by atoms with Crippen LogP contribution < -0.4 is 5.32 Å². The highest BCUT2D eigenvalue weighted by atomic mass is 16.7. The Kier molecular flexibility index (Phi) is 6.90. The van der Waals surface area contributed by atoms with E-state index in [0.717, 1.165) is 0 Å². The molecule has 0 aromatic carbocycles. The van der Waals surface area contributed by atoms with E-state index in [2.05, 4.69) is 5.32 Å². The quantitative estimate of drug-likeness (QED) is 0.241. The monoisotopic (exact) mass is 353 g/mol. The minimum atomic E-state index is -1.47. The van der Waals surface area contributed by atoms with Crippen LogP contribution in [0.1, 0.15) is 6.42 Å². The van der Waals surface area contributed by atoms with Gasteiger partial charge in [-0.25, -0.2) is 0 Å². The minimum Gasteiger partial charge on any atom is -0.395 e. The summed E-state index contributed by atoms with van der Waals surface area (Å²) in [7, 11) is 1.30. The highest BCUT2D eigenvalue weighted by Crippen LogP contribution is 2.32. The second-order valence-corrected chi connectivity index (χ2v) is 6.38. The van der Waals surface area contributed by atoms with Gasteiger partial charge in [0.25, 0.3) is 0 Å². The maximum atomic E-state index is 10.3. The molecule has 8 N–H and O–H groups in total. The lowest BCUT2D eigenvalue weighted by Gasteiger charge is -2.46. The minimum absolute atomic E-state index is 0.0291. The fourth-order valence-corrected chi connectivity index (χ4v) is 3.46. The molecule has 0 aromatic rings. The van der Waals surface area contributed by atoms with E-state index in [9.17, 15) is 35.7 Å². The molecule has 2 saturated heterocycles. The predicted molar refractivity (Wildman–Crippen MR) is 78.7 cm³/mol. The average Bonchev–Trinajstić information content (AvgIpc) is 2.59. The Morgan fingerprint density at radius 1 is 0.833 bits per heavy atom. The third kappa shape index (κ3) is 3.73. The summed E-state index contributed by atoms with van der Waals surface area (Å²) in [6.07, 6.45) is -8.70. The first-order valence-corrected chi connectivity index (χ1v) is 7.92. The number of rotatable bonds is 5. The summed E-state index contributed by atoms with van der Waals surface area (Å²) in [5.41, 5.74) is 0. The van der Waals surface area contributed by atoms with Gasteiger partial charge in [0.2, 0.25) is 0 Å². The van der Waals surface area contributed by atoms with Crippen molar-refractivity contribution in [3.63, 3.8) is 0 Å². The third-order valence-electron chi connectivity index (χ3n) is 4.94. The molecule has 0 aliphatic carbocycles. The van der Waals surface area contributed by atoms with Crippen LogP contribution in [0, 0.1) is 5.92 Å². The molecule has 0 amide bonds. The maximum absolute atomic E-state index is 10.3. The molecule has 2 fully saturated rings. The zero-order chi connectivity index (χ0) is 18.0. The lowest BCUT2D eigenvalue weighted by atomic mass is 9.79. The Morgan fingerprint density at radius 2 is 1.46 bits per heavy atom. The van der Waals surface area contributed by atoms with Crippen molar-refractivity contribution < 1.29 is 45.2 Å². The number of methoxy groups -OCH3 is 1. The van der Waals surface area contributed by atoms with Crippen molar-refractivity contribution in [1.82, 2.24) is 5.32 Å². The first-order chi connectivity index (χ1) is 11.3. The fraction of sp³-hybridized carbons (Fsp3) is 1.00. The van der Waals surface area contributed by atoms with Crippen LogP contribution in [0.5, 0.6) is 0 Å². The SMILES string of the molecule is CO[C@H]1OC(CO)[C@H](C[C@@H]2NC(CO)[C@@H](O)C(O)C2O)C(O)C1O. The van der Waals surface area contributed by atoms with E-state index < -0.39 is 74.1 Å². The number of aliphatic hydroxyl groups is 7. The van der Waals surface area contributed by atoms with Crippen molar-refractivity contribution in [3.8, 4) is 0 Å². The topological polar surface area (TPSA) is 172 Å². The first-order valence-electron chi connectivity index (χ1n) is 7.92. The molecular weight excluding hydrogens is 326 g/mol. The highest BCUT2D eigenvalue weighted by molar-refractivity contribution is 5.01. The predicted octanol–water partition coefficient (Wildman–Crippen LogP) is -4.51. The van der Waals surface area contributed by atoms with Gasteiger partial charge in [0, 0.05) is 19.1 Å². The van der Waals surface area contributed by atoms with Crippen molar-refractivity contribution in [1.29, 1.82) is 0 Å². The molecule has 0 radical (unpaired) electrons. The normalized spacial score (nSPS) is 50.0. The second-order valence-electron chi connectivity index (χ2n) is 6.38. The largest absolute Gasteiger partial charge is 0.395 e. The average molecular weight is 353 g/mol. The van der Waals surface area contributed by atoms with Gasteiger partial charge in [0.05, 0.1) is 43.7 Å². The molecule has 2 aliphatic rings. The van der Waals surface area contributed by atoms with Crippen molar-refractivity contribution >= 4 is 0 Å². The van der Waals surface area contributed by atoms with E-state index in [-0.39, 0.29) is 6.42 Å². The standard InChI is InChI=1S/C14H27NO9/c1-23-14-13(22)9(18)5(8(4-17)24-14)2-6-10(19)12(21)11(20)7(3-16)15-6/h5-22H,2-4H2,1H3/t5-,6-,7?,8?,9?,10?,11+,12?,13?,14-/m0/s1. The molecule has 0 aromatic heterocycles. The van der Waals surface area contributed by atoms with Crippen LogP contribution in [0.4, 0.5) is 0 Å². The molecule has 142 valence electrons. The molecular formula is C14H27NO9. The maximum Gasteiger partial charge on any atom is 0.186 e. The lowest BCUT2D eigenvalue weighted by molar-refractivity contribution is -0.285. The van der Waals surface area contributed by atoms with Crippen LogP contribution in [0.2, 0.25) is 0 Å². The summed E-state index contributed by atoms with van der Waals surface area (Å²) in [5, 5.41) is 71.7. The Balaban J connectivity index is 2.12. The van der Waals surface area contributed by atoms with Gasteiger partial charge in [-0.2, -0.15) is 0 Å². The summed E-state index contributed by atoms with van der Waals surface area (Å²) >= 11 is 0. The smallest absolute Gasteiger partial charge is 0.186 e. The summed E-state index contributed by atoms with van der Waals surface area (Å²) < 4.78 is 10.3. The van der Waals surface area contributed by atoms with Crippen molar-refractivity contribution in [3.05, 3.63) is 0 Å². The van der Waals surface area contributed by atoms with Crippen molar-refractivity contribution in [2.75, 3.05) is 20.3 Å². The molecule has 2 aliphatic heterocycles. The van der Waals surface area contributed by atoms with Crippen LogP contribution in [0.3, 0.4) is 0 Å². The molecule has 10 atom stereocenters. The molecule has 2 rings (SSSR count). The number of piperidine rings is 1. The van der Waals surface area contributed by atoms with Gasteiger partial charge in [-0.1, -0.05) is 0 Å². The number of hydrogen-bond acceptors (Lipinski definition) is 10. The van der Waals surface area contributed by atoms with E-state index in [1.807, 2.05) is 0 Å². The van der Waals surface area contributed by atoms with Crippen molar-refractivity contribution in [2.24, 2.45) is 5.92 Å². The molecule has 10 heteroatoms. The molecule has 0 spiro atoms. The van der Waals surface area contributed by atoms with Crippen molar-refractivity contribution in [2.45, 2.75) is 61.4 Å². The molecule has 2 heterocycles. The number of hydrogen-bond donors (Lipinski definition) is 8. The van der Waals surface area contributed by atoms with Crippen LogP contribution in [-0.2, 0) is 9.47 Å². The Bertz CT molecular complexity index is 396. The van der Waals surface area contributed by atoms with Crippen LogP contribution in [0.25, 0.3) is 0 Å². The summed E-state index contributed by atoms with van der Waals surface area (Å²) in [6, 6.07) is -1.64. The van der Waals surface area contributed by atoms with Gasteiger partial charge in [-0.05, 0) is 6.42 Å².